The van der Waals surface area contributed by atoms with Gasteiger partial charge in [0, 0.05) is 31.7 Å². The van der Waals surface area contributed by atoms with E-state index < -0.39 is 5.97 Å². The lowest BCUT2D eigenvalue weighted by Gasteiger charge is -2.41. The number of aliphatic carboxylic acids is 1. The van der Waals surface area contributed by atoms with Gasteiger partial charge in [0.05, 0.1) is 6.42 Å². The molecule has 4 nitrogen and oxygen atoms in total. The van der Waals surface area contributed by atoms with Crippen molar-refractivity contribution in [1.82, 2.24) is 9.80 Å². The van der Waals surface area contributed by atoms with Gasteiger partial charge >= 0.3 is 5.97 Å². The van der Waals surface area contributed by atoms with Crippen molar-refractivity contribution < 1.29 is 9.90 Å². The van der Waals surface area contributed by atoms with Gasteiger partial charge in [-0.25, -0.2) is 0 Å². The van der Waals surface area contributed by atoms with E-state index in [0.717, 1.165) is 26.1 Å². The van der Waals surface area contributed by atoms with Crippen LogP contribution < -0.4 is 0 Å². The van der Waals surface area contributed by atoms with Gasteiger partial charge in [0.1, 0.15) is 0 Å². The summed E-state index contributed by atoms with van der Waals surface area (Å²) in [4.78, 5) is 15.8. The highest BCUT2D eigenvalue weighted by Gasteiger charge is 2.33. The molecule has 2 saturated heterocycles. The molecule has 2 aliphatic rings. The van der Waals surface area contributed by atoms with Crippen LogP contribution in [-0.4, -0.2) is 59.1 Å². The Morgan fingerprint density at radius 1 is 1.44 bits per heavy atom. The third-order valence-electron chi connectivity index (χ3n) is 4.02. The third-order valence-corrected chi connectivity index (χ3v) is 4.02. The molecule has 2 fully saturated rings. The molecule has 2 aliphatic heterocycles. The molecule has 16 heavy (non-hydrogen) atoms. The van der Waals surface area contributed by atoms with Crippen LogP contribution in [0.4, 0.5) is 0 Å². The van der Waals surface area contributed by atoms with Gasteiger partial charge in [-0.3, -0.25) is 14.6 Å². The highest BCUT2D eigenvalue weighted by molar-refractivity contribution is 5.67. The third kappa shape index (κ3) is 2.55. The van der Waals surface area contributed by atoms with Crippen molar-refractivity contribution in [2.75, 3.05) is 26.2 Å². The van der Waals surface area contributed by atoms with Crippen LogP contribution in [-0.2, 0) is 4.79 Å². The molecule has 0 aliphatic carbocycles. The molecule has 1 N–H and O–H groups in total. The summed E-state index contributed by atoms with van der Waals surface area (Å²) in [6.07, 6.45) is 3.84. The van der Waals surface area contributed by atoms with Gasteiger partial charge in [-0.15, -0.1) is 0 Å². The fourth-order valence-corrected chi connectivity index (χ4v) is 3.08. The first-order valence-corrected chi connectivity index (χ1v) is 6.40. The number of fused-ring (bicyclic) bond motifs is 1. The average molecular weight is 226 g/mol. The zero-order valence-electron chi connectivity index (χ0n) is 10.1. The first-order chi connectivity index (χ1) is 7.70. The lowest BCUT2D eigenvalue weighted by atomic mass is 10.1. The zero-order chi connectivity index (χ0) is 11.5. The molecule has 0 aromatic carbocycles. The molecule has 0 radical (unpaired) electrons. The molecular formula is C12H22N2O2. The molecule has 4 heteroatoms. The molecule has 2 unspecified atom stereocenters. The monoisotopic (exact) mass is 226 g/mol. The topological polar surface area (TPSA) is 43.8 Å². The summed E-state index contributed by atoms with van der Waals surface area (Å²) in [5.74, 6) is -0.666. The standard InChI is InChI=1S/C12H22N2O2/c1-2-10(8-12(15)16)14-7-6-13-5-3-4-11(13)9-14/h10-11H,2-9H2,1H3,(H,15,16). The van der Waals surface area contributed by atoms with E-state index in [0.29, 0.717) is 12.5 Å². The summed E-state index contributed by atoms with van der Waals surface area (Å²) in [5.41, 5.74) is 0. The Morgan fingerprint density at radius 3 is 2.94 bits per heavy atom. The summed E-state index contributed by atoms with van der Waals surface area (Å²) in [7, 11) is 0. The number of hydrogen-bond donors (Lipinski definition) is 1. The maximum atomic E-state index is 10.8. The van der Waals surface area contributed by atoms with E-state index in [1.807, 2.05) is 0 Å². The summed E-state index contributed by atoms with van der Waals surface area (Å²) in [6.45, 7) is 6.58. The van der Waals surface area contributed by atoms with Crippen LogP contribution in [0.2, 0.25) is 0 Å². The smallest absolute Gasteiger partial charge is 0.304 e. The van der Waals surface area contributed by atoms with Crippen molar-refractivity contribution >= 4 is 5.97 Å². The second kappa shape index (κ2) is 5.15. The van der Waals surface area contributed by atoms with Gasteiger partial charge in [-0.2, -0.15) is 0 Å². The predicted molar refractivity (Wildman–Crippen MR) is 62.5 cm³/mol. The van der Waals surface area contributed by atoms with Crippen LogP contribution in [0.3, 0.4) is 0 Å². The van der Waals surface area contributed by atoms with Crippen molar-refractivity contribution in [2.24, 2.45) is 0 Å². The lowest BCUT2D eigenvalue weighted by molar-refractivity contribution is -0.138. The molecule has 2 rings (SSSR count). The zero-order valence-corrected chi connectivity index (χ0v) is 10.1. The number of carboxylic acid groups (broad SMARTS) is 1. The Balaban J connectivity index is 1.91. The Kier molecular flexibility index (Phi) is 3.82. The Morgan fingerprint density at radius 2 is 2.25 bits per heavy atom. The minimum absolute atomic E-state index is 0.236. The molecule has 92 valence electrons. The van der Waals surface area contributed by atoms with Crippen LogP contribution in [0.25, 0.3) is 0 Å². The Labute approximate surface area is 97.2 Å². The summed E-state index contributed by atoms with van der Waals surface area (Å²) < 4.78 is 0. The number of hydrogen-bond acceptors (Lipinski definition) is 3. The molecule has 0 amide bonds. The normalized spacial score (nSPS) is 28.9. The van der Waals surface area contributed by atoms with Crippen molar-refractivity contribution in [1.29, 1.82) is 0 Å². The van der Waals surface area contributed by atoms with Crippen LogP contribution in [0.5, 0.6) is 0 Å². The van der Waals surface area contributed by atoms with Crippen molar-refractivity contribution in [3.8, 4) is 0 Å². The van der Waals surface area contributed by atoms with E-state index in [-0.39, 0.29) is 6.04 Å². The van der Waals surface area contributed by atoms with Gasteiger partial charge in [0.15, 0.2) is 0 Å². The molecular weight excluding hydrogens is 204 g/mol. The van der Waals surface area contributed by atoms with Crippen molar-refractivity contribution in [3.05, 3.63) is 0 Å². The largest absolute Gasteiger partial charge is 0.481 e. The maximum absolute atomic E-state index is 10.8. The number of rotatable bonds is 4. The van der Waals surface area contributed by atoms with E-state index in [4.69, 9.17) is 5.11 Å². The Hall–Kier alpha value is -0.610. The van der Waals surface area contributed by atoms with E-state index in [1.54, 1.807) is 0 Å². The number of piperazine rings is 1. The van der Waals surface area contributed by atoms with Gasteiger partial charge < -0.3 is 5.11 Å². The number of nitrogens with zero attached hydrogens (tertiary/aromatic N) is 2. The van der Waals surface area contributed by atoms with Gasteiger partial charge in [-0.05, 0) is 25.8 Å². The highest BCUT2D eigenvalue weighted by Crippen LogP contribution is 2.24. The molecule has 0 aromatic heterocycles. The molecule has 0 bridgehead atoms. The van der Waals surface area contributed by atoms with Crippen LogP contribution >= 0.6 is 0 Å². The fourth-order valence-electron chi connectivity index (χ4n) is 3.08. The van der Waals surface area contributed by atoms with Gasteiger partial charge in [-0.1, -0.05) is 6.92 Å². The first kappa shape index (κ1) is 11.9. The van der Waals surface area contributed by atoms with Crippen molar-refractivity contribution in [2.45, 2.75) is 44.7 Å². The first-order valence-electron chi connectivity index (χ1n) is 6.40. The fraction of sp³-hybridized carbons (Fsp3) is 0.917. The molecule has 0 spiro atoms. The number of carboxylic acids is 1. The van der Waals surface area contributed by atoms with E-state index >= 15 is 0 Å². The molecule has 0 saturated carbocycles. The lowest BCUT2D eigenvalue weighted by Crippen LogP contribution is -2.53. The predicted octanol–water partition coefficient (Wildman–Crippen LogP) is 1.02. The van der Waals surface area contributed by atoms with Gasteiger partial charge in [0.2, 0.25) is 0 Å². The second-order valence-corrected chi connectivity index (χ2v) is 4.99. The maximum Gasteiger partial charge on any atom is 0.304 e. The van der Waals surface area contributed by atoms with Crippen LogP contribution in [0, 0.1) is 0 Å². The second-order valence-electron chi connectivity index (χ2n) is 4.99. The average Bonchev–Trinajstić information content (AvgIpc) is 2.72. The van der Waals surface area contributed by atoms with Crippen LogP contribution in [0.15, 0.2) is 0 Å². The van der Waals surface area contributed by atoms with Crippen molar-refractivity contribution in [3.63, 3.8) is 0 Å². The Bertz CT molecular complexity index is 257. The SMILES string of the molecule is CCC(CC(=O)O)N1CCN2CCCC2C1. The molecule has 2 heterocycles. The summed E-state index contributed by atoms with van der Waals surface area (Å²) in [6, 6.07) is 0.928. The summed E-state index contributed by atoms with van der Waals surface area (Å²) in [5, 5.41) is 8.90. The quantitative estimate of drug-likeness (QED) is 0.777. The van der Waals surface area contributed by atoms with Crippen LogP contribution in [0.1, 0.15) is 32.6 Å². The van der Waals surface area contributed by atoms with E-state index in [1.165, 1.54) is 19.4 Å². The van der Waals surface area contributed by atoms with E-state index in [2.05, 4.69) is 16.7 Å². The molecule has 2 atom stereocenters. The highest BCUT2D eigenvalue weighted by atomic mass is 16.4. The summed E-state index contributed by atoms with van der Waals surface area (Å²) >= 11 is 0. The van der Waals surface area contributed by atoms with Gasteiger partial charge in [0.25, 0.3) is 0 Å². The molecule has 0 aromatic rings. The number of carbonyl (C=O) groups is 1. The minimum Gasteiger partial charge on any atom is -0.481 e. The van der Waals surface area contributed by atoms with E-state index in [9.17, 15) is 4.79 Å². The minimum atomic E-state index is -0.666.